The first-order valence-electron chi connectivity index (χ1n) is 51.6. The Morgan fingerprint density at radius 3 is 1.09 bits per heavy atom. The van der Waals surface area contributed by atoms with Crippen LogP contribution in [0.2, 0.25) is 20.1 Å². The SMILES string of the molecule is C[C@@H]1CC2C3CCC4=CC(=O)C=CC4(C)C3[C@@H](O)CC2(C)[C@@]1(O)C(=O)CSc1c(Cl)cccc1Cl.C[C@@H]1CC2C3CCC4=CC(=O)C=CC4(C)C3[C@@H](O)CC2(C)[C@@]1(O)C(=O)CSc1ccc(Cl)cc1Cl.C[C@@H]1CC2C3CCC4=CC(=O)C=CC4(C)C3[C@@H](O)CC2(C)[C@@]1(O)C(=O)CSc1cccc2ccccc12.C[C@@H]1CC2C3CCC4=CC(=O)C=CC4(C)C3[C@@H](O)CC2(C)[C@@]1(O)C(=O)CSc1nc2cc(F)c(F)cc2[nH]1. The third kappa shape index (κ3) is 16.9. The Morgan fingerprint density at radius 2 is 0.724 bits per heavy atom. The van der Waals surface area contributed by atoms with Crippen molar-refractivity contribution < 1.29 is 88.0 Å². The summed E-state index contributed by atoms with van der Waals surface area (Å²) in [6.07, 6.45) is 29.6. The molecule has 772 valence electrons. The number of ketones is 8. The smallest absolute Gasteiger partial charge is 0.178 e. The number of aromatic amines is 1. The van der Waals surface area contributed by atoms with Crippen molar-refractivity contribution in [2.45, 2.75) is 252 Å². The Morgan fingerprint density at radius 1 is 0.400 bits per heavy atom. The number of carbonyl (C=O) groups excluding carboxylic acids is 8. The highest BCUT2D eigenvalue weighted by Gasteiger charge is 2.76. The second-order valence-corrected chi connectivity index (χ2v) is 52.9. The van der Waals surface area contributed by atoms with Crippen LogP contribution in [0.4, 0.5) is 8.78 Å². The molecule has 0 saturated heterocycles. The molecule has 28 heteroatoms. The number of nitrogens with zero attached hydrogens (tertiary/aromatic N) is 1. The number of nitrogens with one attached hydrogen (secondary N) is 1. The Hall–Kier alpha value is -6.79. The molecule has 0 spiro atoms. The number of benzene rings is 5. The monoisotopic (exact) mass is 2130 g/mol. The zero-order chi connectivity index (χ0) is 104. The van der Waals surface area contributed by atoms with Gasteiger partial charge in [-0.2, -0.15) is 0 Å². The number of Topliss-reactive ketones (excluding diaryl/α,β-unsaturated/α-hetero) is 4. The molecule has 20 unspecified atom stereocenters. The maximum atomic E-state index is 13.9. The van der Waals surface area contributed by atoms with E-state index in [1.54, 1.807) is 85.0 Å². The Balaban J connectivity index is 0.000000122. The number of hydrogen-bond donors (Lipinski definition) is 9. The van der Waals surface area contributed by atoms with E-state index in [2.05, 4.69) is 62.8 Å². The molecule has 9 N–H and O–H groups in total. The summed E-state index contributed by atoms with van der Waals surface area (Å²) in [5, 5.41) is 99.6. The number of halogens is 6. The maximum Gasteiger partial charge on any atom is 0.178 e. The molecule has 145 heavy (non-hydrogen) atoms. The predicted molar refractivity (Wildman–Crippen MR) is 566 cm³/mol. The van der Waals surface area contributed by atoms with Crippen molar-refractivity contribution in [3.8, 4) is 0 Å². The number of thioether (sulfide) groups is 4. The molecule has 0 bridgehead atoms. The van der Waals surface area contributed by atoms with Gasteiger partial charge in [0.25, 0.3) is 0 Å². The number of aliphatic hydroxyl groups excluding tert-OH is 4. The topological polar surface area (TPSA) is 327 Å². The van der Waals surface area contributed by atoms with E-state index in [-0.39, 0.29) is 186 Å². The summed E-state index contributed by atoms with van der Waals surface area (Å²) >= 11 is 30.1. The second kappa shape index (κ2) is 38.8. The maximum absolute atomic E-state index is 13.9. The van der Waals surface area contributed by atoms with Crippen molar-refractivity contribution in [2.24, 2.45) is 138 Å². The summed E-state index contributed by atoms with van der Waals surface area (Å²) in [4.78, 5) is 113. The number of aromatic nitrogens is 2. The van der Waals surface area contributed by atoms with Crippen LogP contribution in [-0.4, -0.2) is 167 Å². The van der Waals surface area contributed by atoms with Crippen LogP contribution in [0.3, 0.4) is 0 Å². The van der Waals surface area contributed by atoms with Gasteiger partial charge in [-0.25, -0.2) is 13.8 Å². The molecule has 5 aromatic carbocycles. The molecule has 0 amide bonds. The van der Waals surface area contributed by atoms with E-state index in [0.29, 0.717) is 67.8 Å². The highest BCUT2D eigenvalue weighted by atomic mass is 35.5. The van der Waals surface area contributed by atoms with Crippen LogP contribution in [0.25, 0.3) is 21.8 Å². The van der Waals surface area contributed by atoms with Gasteiger partial charge in [-0.05, 0) is 270 Å². The van der Waals surface area contributed by atoms with Gasteiger partial charge < -0.3 is 45.8 Å². The van der Waals surface area contributed by atoms with Gasteiger partial charge in [-0.3, -0.25) is 38.4 Å². The van der Waals surface area contributed by atoms with Gasteiger partial charge in [0, 0.05) is 98.8 Å². The minimum Gasteiger partial charge on any atom is -0.393 e. The lowest BCUT2D eigenvalue weighted by Gasteiger charge is -2.59. The first-order chi connectivity index (χ1) is 68.3. The third-order valence-electron chi connectivity index (χ3n) is 40.5. The van der Waals surface area contributed by atoms with Crippen molar-refractivity contribution >= 4 is 162 Å². The molecule has 16 aliphatic carbocycles. The molecule has 18 nitrogen and oxygen atoms in total. The lowest BCUT2D eigenvalue weighted by molar-refractivity contribution is -0.180. The van der Waals surface area contributed by atoms with Gasteiger partial charge in [0.05, 0.1) is 73.5 Å². The van der Waals surface area contributed by atoms with E-state index in [4.69, 9.17) is 46.4 Å². The molecule has 0 aliphatic heterocycles. The van der Waals surface area contributed by atoms with Crippen molar-refractivity contribution in [3.63, 3.8) is 0 Å². The zero-order valence-electron chi connectivity index (χ0n) is 84.0. The van der Waals surface area contributed by atoms with E-state index >= 15 is 0 Å². The van der Waals surface area contributed by atoms with E-state index < -0.39 is 85.5 Å². The van der Waals surface area contributed by atoms with Crippen LogP contribution in [0, 0.1) is 150 Å². The zero-order valence-corrected chi connectivity index (χ0v) is 90.3. The summed E-state index contributed by atoms with van der Waals surface area (Å²) in [7, 11) is 0. The van der Waals surface area contributed by atoms with Crippen molar-refractivity contribution in [1.82, 2.24) is 9.97 Å². The van der Waals surface area contributed by atoms with E-state index in [0.717, 1.165) is 137 Å². The minimum atomic E-state index is -1.63. The molecule has 1 heterocycles. The number of H-pyrrole nitrogens is 1. The van der Waals surface area contributed by atoms with Gasteiger partial charge in [0.2, 0.25) is 0 Å². The Bertz CT molecular complexity index is 6550. The summed E-state index contributed by atoms with van der Waals surface area (Å²) in [6.45, 7) is 24.4. The van der Waals surface area contributed by atoms with Gasteiger partial charge >= 0.3 is 0 Å². The molecule has 12 fully saturated rings. The second-order valence-electron chi connectivity index (χ2n) is 47.2. The van der Waals surface area contributed by atoms with Crippen LogP contribution in [0.15, 0.2) is 206 Å². The number of carbonyl (C=O) groups is 8. The number of aliphatic hydroxyl groups is 8. The molecule has 22 rings (SSSR count). The molecule has 12 saturated carbocycles. The first kappa shape index (κ1) is 107. The number of rotatable bonds is 16. The molecule has 32 atom stereocenters. The standard InChI is InChI=1S/C32H36O4S.C29H32F2N2O4S.2C28H32Cl2O4S/c1-19-15-25-24-12-11-21-16-22(33)13-14-30(21,2)29(24)26(34)17-31(25,3)32(19,36)28(35)18-37-27-10-6-8-20-7-4-5-9-23(20)27;1-14-8-18-17-5-4-15-9-16(34)6-7-27(15,2)25(17)23(35)12-28(18,3)29(14,37)24(36)13-38-26-32-21-10-19(30)20(31)11-22(21)33-26;1-15-10-20-19-6-4-16-11-18(31)8-9-26(16,2)25(19)22(32)13-27(20,3)28(15,34)24(33)14-35-23-7-5-17(29)12-21(23)30;1-15-11-19-18-8-7-16-12-17(31)9-10-26(16,2)24(18)22(32)13-27(19,3)28(15,34)23(33)14-35-25-20(29)5-4-6-21(25)30/h4-10,13-14,16,19,24-26,29,34,36H,11-12,15,17-18H2,1-3H3;6-7,9-11,14,17-18,23,25,35,37H,4-5,8,12-13H2,1-3H3,(H,32,33);5,7-9,11-12,15,19-20,22,25,32,34H,4,6,10,13-14H2,1-3H3;4-6,9-10,12,15,18-19,22,24,32,34H,7-8,11,13-14H2,1-3H3/t19-,24?,25?,26+,29?,30?,31?,32+;14-,17?,18?,23+,25?,27?,28?,29+;15-,19?,20?,22+,25?,26?,27?,28+;15-,18?,19?,22+,24?,26?,27?,28+/m1111/s1. The first-order valence-corrected chi connectivity index (χ1v) is 57.0. The number of fused-ring (bicyclic) bond motifs is 22. The van der Waals surface area contributed by atoms with Gasteiger partial charge in [-0.15, -0.1) is 35.3 Å². The lowest BCUT2D eigenvalue weighted by atomic mass is 9.46. The summed E-state index contributed by atoms with van der Waals surface area (Å²) in [5.74, 6) is -2.53. The normalized spacial score (nSPS) is 41.2. The summed E-state index contributed by atoms with van der Waals surface area (Å²) in [5.41, 5.74) is -5.66. The fourth-order valence-corrected chi connectivity index (χ4v) is 38.5. The van der Waals surface area contributed by atoms with Crippen molar-refractivity contribution in [1.29, 1.82) is 0 Å². The van der Waals surface area contributed by atoms with Crippen LogP contribution < -0.4 is 0 Å². The quantitative estimate of drug-likeness (QED) is 0.0407. The Labute approximate surface area is 884 Å². The summed E-state index contributed by atoms with van der Waals surface area (Å²) in [6, 6.07) is 26.7. The lowest BCUT2D eigenvalue weighted by Crippen LogP contribution is -2.62. The van der Waals surface area contributed by atoms with Gasteiger partial charge in [0.15, 0.2) is 63.1 Å². The van der Waals surface area contributed by atoms with Crippen LogP contribution >= 0.6 is 93.5 Å². The van der Waals surface area contributed by atoms with Crippen molar-refractivity contribution in [3.05, 3.63) is 218 Å². The fraction of sp³-hybridized carbons (Fsp3) is 0.547. The molecular formula is C117H132Cl4F2N2O16S4. The van der Waals surface area contributed by atoms with Crippen molar-refractivity contribution in [2.75, 3.05) is 23.0 Å². The number of allylic oxidation sites excluding steroid dienone is 16. The van der Waals surface area contributed by atoms with E-state index in [9.17, 15) is 88.0 Å². The van der Waals surface area contributed by atoms with Gasteiger partial charge in [0.1, 0.15) is 22.4 Å². The average Bonchev–Trinajstić information content (AvgIpc) is 1.56. The Kier molecular flexibility index (Phi) is 28.5. The number of imidazole rings is 1. The fourth-order valence-electron chi connectivity index (χ4n) is 33.6. The summed E-state index contributed by atoms with van der Waals surface area (Å²) < 4.78 is 27.2. The molecule has 0 radical (unpaired) electrons. The van der Waals surface area contributed by atoms with E-state index in [1.807, 2.05) is 97.0 Å². The third-order valence-corrected chi connectivity index (χ3v) is 46.1. The molecular weight excluding hydrogens is 2000 g/mol. The average molecular weight is 2130 g/mol. The van der Waals surface area contributed by atoms with Gasteiger partial charge in [-0.1, -0.05) is 230 Å². The van der Waals surface area contributed by atoms with Crippen LogP contribution in [0.1, 0.15) is 186 Å². The highest BCUT2D eigenvalue weighted by molar-refractivity contribution is 8.00. The molecule has 6 aromatic rings. The molecule has 16 aliphatic rings. The predicted octanol–water partition coefficient (Wildman–Crippen LogP) is 22.3. The number of hydrogen-bond acceptors (Lipinski definition) is 21. The largest absolute Gasteiger partial charge is 0.393 e. The minimum absolute atomic E-state index is 0.00960. The van der Waals surface area contributed by atoms with Crippen LogP contribution in [-0.2, 0) is 38.4 Å². The van der Waals surface area contributed by atoms with Crippen LogP contribution in [0.5, 0.6) is 0 Å². The highest BCUT2D eigenvalue weighted by Crippen LogP contribution is 2.75. The molecule has 1 aromatic heterocycles. The van der Waals surface area contributed by atoms with E-state index in [1.165, 1.54) is 35.3 Å².